The van der Waals surface area contributed by atoms with Gasteiger partial charge < -0.3 is 9.88 Å². The van der Waals surface area contributed by atoms with E-state index >= 15 is 0 Å². The molecule has 0 saturated carbocycles. The van der Waals surface area contributed by atoms with E-state index in [1.807, 2.05) is 17.8 Å². The Balaban J connectivity index is 2.68. The molecule has 3 heteroatoms. The molecule has 1 atom stereocenters. The molecule has 0 aliphatic heterocycles. The molecule has 76 valence electrons. The predicted molar refractivity (Wildman–Crippen MR) is 57.7 cm³/mol. The van der Waals surface area contributed by atoms with Gasteiger partial charge in [0.05, 0.1) is 6.04 Å². The fourth-order valence-corrected chi connectivity index (χ4v) is 1.40. The summed E-state index contributed by atoms with van der Waals surface area (Å²) in [7, 11) is 1.99. The lowest BCUT2D eigenvalue weighted by molar-refractivity contribution is 0.503. The van der Waals surface area contributed by atoms with Crippen LogP contribution in [0.4, 0.5) is 0 Å². The average molecular weight is 191 g/mol. The number of nitrogens with zero attached hydrogens (tertiary/aromatic N) is 2. The Morgan fingerprint density at radius 2 is 2.50 bits per heavy atom. The predicted octanol–water partition coefficient (Wildman–Crippen LogP) is 1.48. The van der Waals surface area contributed by atoms with Gasteiger partial charge in [0.15, 0.2) is 0 Å². The van der Waals surface area contributed by atoms with Crippen molar-refractivity contribution >= 4 is 0 Å². The molecule has 1 aromatic heterocycles. The minimum atomic E-state index is 0.181. The number of imidazole rings is 1. The maximum Gasteiger partial charge on any atom is 0.126 e. The van der Waals surface area contributed by atoms with Crippen molar-refractivity contribution in [1.29, 1.82) is 0 Å². The highest BCUT2D eigenvalue weighted by atomic mass is 15.1. The van der Waals surface area contributed by atoms with E-state index in [-0.39, 0.29) is 6.04 Å². The van der Waals surface area contributed by atoms with Crippen LogP contribution in [0.2, 0.25) is 0 Å². The van der Waals surface area contributed by atoms with Crippen LogP contribution in [0.1, 0.15) is 31.6 Å². The van der Waals surface area contributed by atoms with E-state index in [1.54, 1.807) is 6.20 Å². The first-order chi connectivity index (χ1) is 6.79. The lowest BCUT2D eigenvalue weighted by Gasteiger charge is -2.15. The Kier molecular flexibility index (Phi) is 4.21. The molecule has 0 radical (unpaired) electrons. The van der Waals surface area contributed by atoms with Crippen LogP contribution in [0, 0.1) is 12.3 Å². The Hall–Kier alpha value is -1.27. The smallest absolute Gasteiger partial charge is 0.126 e. The van der Waals surface area contributed by atoms with E-state index in [1.165, 1.54) is 0 Å². The molecule has 14 heavy (non-hydrogen) atoms. The minimum absolute atomic E-state index is 0.181. The Morgan fingerprint density at radius 3 is 3.00 bits per heavy atom. The van der Waals surface area contributed by atoms with Crippen LogP contribution in [0.5, 0.6) is 0 Å². The van der Waals surface area contributed by atoms with Gasteiger partial charge in [0.1, 0.15) is 5.82 Å². The molecule has 1 aromatic rings. The molecule has 1 heterocycles. The van der Waals surface area contributed by atoms with Gasteiger partial charge in [-0.15, -0.1) is 12.3 Å². The molecule has 0 aliphatic rings. The Bertz CT molecular complexity index is 309. The summed E-state index contributed by atoms with van der Waals surface area (Å²) in [5.41, 5.74) is 0. The summed E-state index contributed by atoms with van der Waals surface area (Å²) >= 11 is 0. The van der Waals surface area contributed by atoms with Crippen molar-refractivity contribution in [3.63, 3.8) is 0 Å². The lowest BCUT2D eigenvalue weighted by atomic mass is 10.2. The zero-order valence-corrected chi connectivity index (χ0v) is 8.83. The monoisotopic (exact) mass is 191 g/mol. The normalized spacial score (nSPS) is 12.4. The molecule has 1 rings (SSSR count). The van der Waals surface area contributed by atoms with E-state index in [0.29, 0.717) is 6.42 Å². The van der Waals surface area contributed by atoms with E-state index in [4.69, 9.17) is 6.42 Å². The number of rotatable bonds is 5. The summed E-state index contributed by atoms with van der Waals surface area (Å²) in [6, 6.07) is 0.181. The highest BCUT2D eigenvalue weighted by Gasteiger charge is 2.12. The number of nitrogens with one attached hydrogen (secondary N) is 1. The number of aromatic nitrogens is 2. The van der Waals surface area contributed by atoms with Crippen LogP contribution in [-0.2, 0) is 7.05 Å². The van der Waals surface area contributed by atoms with Gasteiger partial charge in [-0.25, -0.2) is 4.98 Å². The van der Waals surface area contributed by atoms with Gasteiger partial charge in [-0.05, 0) is 13.0 Å². The van der Waals surface area contributed by atoms with Crippen molar-refractivity contribution in [2.45, 2.75) is 25.8 Å². The maximum atomic E-state index is 5.33. The van der Waals surface area contributed by atoms with Gasteiger partial charge >= 0.3 is 0 Å². The van der Waals surface area contributed by atoms with Gasteiger partial charge in [-0.2, -0.15) is 0 Å². The number of terminal acetylenes is 1. The van der Waals surface area contributed by atoms with Gasteiger partial charge in [0.25, 0.3) is 0 Å². The van der Waals surface area contributed by atoms with Crippen LogP contribution >= 0.6 is 0 Å². The maximum absolute atomic E-state index is 5.33. The highest BCUT2D eigenvalue weighted by molar-refractivity contribution is 5.03. The van der Waals surface area contributed by atoms with E-state index in [0.717, 1.165) is 18.8 Å². The molecule has 3 nitrogen and oxygen atoms in total. The molecule has 0 aliphatic carbocycles. The molecule has 1 N–H and O–H groups in total. The molecule has 0 aromatic carbocycles. The topological polar surface area (TPSA) is 29.9 Å². The van der Waals surface area contributed by atoms with E-state index in [9.17, 15) is 0 Å². The first-order valence-corrected chi connectivity index (χ1v) is 4.93. The molecule has 0 amide bonds. The first kappa shape index (κ1) is 10.8. The number of hydrogen-bond donors (Lipinski definition) is 1. The summed E-state index contributed by atoms with van der Waals surface area (Å²) < 4.78 is 2.00. The zero-order valence-electron chi connectivity index (χ0n) is 8.83. The van der Waals surface area contributed by atoms with Crippen LogP contribution in [0.15, 0.2) is 12.4 Å². The van der Waals surface area contributed by atoms with Crippen molar-refractivity contribution in [3.8, 4) is 12.3 Å². The quantitative estimate of drug-likeness (QED) is 0.714. The highest BCUT2D eigenvalue weighted by Crippen LogP contribution is 2.12. The number of hydrogen-bond acceptors (Lipinski definition) is 2. The molecule has 0 fully saturated rings. The third-order valence-electron chi connectivity index (χ3n) is 2.13. The number of aryl methyl sites for hydroxylation is 1. The third kappa shape index (κ3) is 2.61. The van der Waals surface area contributed by atoms with Crippen molar-refractivity contribution in [3.05, 3.63) is 18.2 Å². The second-order valence-electron chi connectivity index (χ2n) is 3.31. The van der Waals surface area contributed by atoms with Crippen LogP contribution in [0.3, 0.4) is 0 Å². The molecule has 0 saturated heterocycles. The first-order valence-electron chi connectivity index (χ1n) is 4.93. The van der Waals surface area contributed by atoms with Crippen LogP contribution in [0.25, 0.3) is 0 Å². The lowest BCUT2D eigenvalue weighted by Crippen LogP contribution is -2.24. The van der Waals surface area contributed by atoms with Crippen molar-refractivity contribution < 1.29 is 0 Å². The van der Waals surface area contributed by atoms with E-state index in [2.05, 4.69) is 23.1 Å². The summed E-state index contributed by atoms with van der Waals surface area (Å²) in [6.45, 7) is 3.11. The van der Waals surface area contributed by atoms with Crippen molar-refractivity contribution in [2.24, 2.45) is 7.05 Å². The largest absolute Gasteiger partial charge is 0.337 e. The average Bonchev–Trinajstić information content (AvgIpc) is 2.59. The molecule has 1 unspecified atom stereocenters. The van der Waals surface area contributed by atoms with Crippen LogP contribution < -0.4 is 5.32 Å². The Morgan fingerprint density at radius 1 is 1.71 bits per heavy atom. The summed E-state index contributed by atoms with van der Waals surface area (Å²) in [4.78, 5) is 4.29. The summed E-state index contributed by atoms with van der Waals surface area (Å²) in [5.74, 6) is 3.69. The third-order valence-corrected chi connectivity index (χ3v) is 2.13. The minimum Gasteiger partial charge on any atom is -0.337 e. The van der Waals surface area contributed by atoms with Gasteiger partial charge in [-0.1, -0.05) is 6.92 Å². The second kappa shape index (κ2) is 5.46. The molecule has 0 bridgehead atoms. The molecular weight excluding hydrogens is 174 g/mol. The fourth-order valence-electron chi connectivity index (χ4n) is 1.40. The van der Waals surface area contributed by atoms with Gasteiger partial charge in [0.2, 0.25) is 0 Å². The fraction of sp³-hybridized carbons (Fsp3) is 0.545. The van der Waals surface area contributed by atoms with Crippen molar-refractivity contribution in [1.82, 2.24) is 14.9 Å². The molecular formula is C11H17N3. The zero-order chi connectivity index (χ0) is 10.4. The molecule has 0 spiro atoms. The van der Waals surface area contributed by atoms with E-state index < -0.39 is 0 Å². The van der Waals surface area contributed by atoms with Gasteiger partial charge in [0, 0.05) is 25.9 Å². The summed E-state index contributed by atoms with van der Waals surface area (Å²) in [5, 5.41) is 3.39. The van der Waals surface area contributed by atoms with Crippen LogP contribution in [-0.4, -0.2) is 16.1 Å². The van der Waals surface area contributed by atoms with Crippen molar-refractivity contribution in [2.75, 3.05) is 6.54 Å². The van der Waals surface area contributed by atoms with Gasteiger partial charge in [-0.3, -0.25) is 0 Å². The Labute approximate surface area is 85.5 Å². The summed E-state index contributed by atoms with van der Waals surface area (Å²) in [6.07, 6.45) is 10.9. The SMILES string of the molecule is C#CCC(NCCC)c1nccn1C. The second-order valence-corrected chi connectivity index (χ2v) is 3.31. The standard InChI is InChI=1S/C11H17N3/c1-4-6-10(12-7-5-2)11-13-8-9-14(11)3/h1,8-10,12H,5-7H2,2-3H3.